The molecule has 13 heteroatoms. The smallest absolute Gasteiger partial charge is 0.397 e. The Balaban J connectivity index is 1.60. The summed E-state index contributed by atoms with van der Waals surface area (Å²) in [6.07, 6.45) is -2.09. The van der Waals surface area contributed by atoms with Crippen LogP contribution < -0.4 is 16.6 Å². The number of nitrogens with two attached hydrogens (primary N) is 1. The Labute approximate surface area is 247 Å². The normalized spacial score (nSPS) is 13.6. The van der Waals surface area contributed by atoms with Gasteiger partial charge in [-0.15, -0.1) is 0 Å². The van der Waals surface area contributed by atoms with E-state index >= 15 is 0 Å². The zero-order chi connectivity index (χ0) is 30.3. The van der Waals surface area contributed by atoms with Crippen LogP contribution in [0.15, 0.2) is 51.9 Å². The minimum Gasteiger partial charge on any atom is -0.397 e. The van der Waals surface area contributed by atoms with Gasteiger partial charge in [-0.05, 0) is 55.2 Å². The molecule has 42 heavy (non-hydrogen) atoms. The number of aliphatic hydroxyl groups excluding tert-OH is 1. The molecule has 1 aliphatic rings. The number of alkyl halides is 3. The van der Waals surface area contributed by atoms with Crippen LogP contribution >= 0.6 is 15.9 Å². The van der Waals surface area contributed by atoms with Crippen LogP contribution in [0.2, 0.25) is 0 Å². The van der Waals surface area contributed by atoms with E-state index < -0.39 is 17.6 Å². The monoisotopic (exact) mass is 646 g/mol. The number of rotatable bonds is 7. The first-order valence-corrected chi connectivity index (χ1v) is 14.2. The molecule has 5 rings (SSSR count). The van der Waals surface area contributed by atoms with Crippen molar-refractivity contribution in [2.75, 3.05) is 30.7 Å². The SMILES string of the molecule is CC(C)Cc1cnn2c3c(c(=O)n(-c4ccc(NCCO)c(N)c4)c12)CCN(C(=O)c1ccc(Br)c(C(F)(F)F)c1)C3. The molecule has 0 saturated carbocycles. The lowest BCUT2D eigenvalue weighted by Crippen LogP contribution is -2.41. The molecule has 0 fully saturated rings. The Morgan fingerprint density at radius 2 is 1.98 bits per heavy atom. The zero-order valence-electron chi connectivity index (χ0n) is 23.0. The molecule has 3 heterocycles. The van der Waals surface area contributed by atoms with E-state index in [1.807, 2.05) is 0 Å². The van der Waals surface area contributed by atoms with Gasteiger partial charge in [0.05, 0.1) is 47.7 Å². The van der Waals surface area contributed by atoms with Gasteiger partial charge < -0.3 is 21.1 Å². The third-order valence-electron chi connectivity index (χ3n) is 7.22. The molecule has 0 saturated heterocycles. The third kappa shape index (κ3) is 5.50. The second-order valence-electron chi connectivity index (χ2n) is 10.7. The third-order valence-corrected chi connectivity index (χ3v) is 7.91. The van der Waals surface area contributed by atoms with Gasteiger partial charge in [-0.1, -0.05) is 29.8 Å². The molecular formula is C29H30BrF3N6O3. The Hall–Kier alpha value is -3.84. The molecule has 9 nitrogen and oxygen atoms in total. The molecule has 0 aliphatic carbocycles. The Bertz CT molecular complexity index is 1730. The number of nitrogens with zero attached hydrogens (tertiary/aromatic N) is 4. The van der Waals surface area contributed by atoms with Crippen molar-refractivity contribution in [1.29, 1.82) is 0 Å². The fraction of sp³-hybridized carbons (Fsp3) is 0.345. The second kappa shape index (κ2) is 11.4. The lowest BCUT2D eigenvalue weighted by Gasteiger charge is -2.30. The van der Waals surface area contributed by atoms with Crippen LogP contribution in [0.25, 0.3) is 11.3 Å². The van der Waals surface area contributed by atoms with Crippen molar-refractivity contribution in [2.24, 2.45) is 5.92 Å². The fourth-order valence-corrected chi connectivity index (χ4v) is 5.78. The maximum atomic E-state index is 14.1. The largest absolute Gasteiger partial charge is 0.417 e. The van der Waals surface area contributed by atoms with Crippen molar-refractivity contribution in [1.82, 2.24) is 19.1 Å². The average Bonchev–Trinajstić information content (AvgIpc) is 3.34. The first-order valence-electron chi connectivity index (χ1n) is 13.4. The number of aromatic nitrogens is 3. The number of amides is 1. The fourth-order valence-electron chi connectivity index (χ4n) is 5.31. The van der Waals surface area contributed by atoms with E-state index in [0.29, 0.717) is 46.9 Å². The number of halogens is 4. The van der Waals surface area contributed by atoms with Crippen LogP contribution in [0.4, 0.5) is 24.5 Å². The molecule has 2 aromatic carbocycles. The van der Waals surface area contributed by atoms with Crippen molar-refractivity contribution >= 4 is 38.9 Å². The van der Waals surface area contributed by atoms with Gasteiger partial charge in [-0.25, -0.2) is 4.52 Å². The molecule has 4 N–H and O–H groups in total. The lowest BCUT2D eigenvalue weighted by molar-refractivity contribution is -0.138. The first kappa shape index (κ1) is 29.6. The van der Waals surface area contributed by atoms with Gasteiger partial charge in [-0.3, -0.25) is 14.2 Å². The molecule has 1 amide bonds. The predicted molar refractivity (Wildman–Crippen MR) is 157 cm³/mol. The van der Waals surface area contributed by atoms with Crippen LogP contribution in [0.5, 0.6) is 0 Å². The summed E-state index contributed by atoms with van der Waals surface area (Å²) >= 11 is 2.92. The van der Waals surface area contributed by atoms with Gasteiger partial charge in [0, 0.05) is 34.3 Å². The Morgan fingerprint density at radius 3 is 2.64 bits per heavy atom. The number of anilines is 2. The summed E-state index contributed by atoms with van der Waals surface area (Å²) in [6.45, 7) is 4.52. The van der Waals surface area contributed by atoms with Crippen molar-refractivity contribution in [3.63, 3.8) is 0 Å². The van der Waals surface area contributed by atoms with Gasteiger partial charge in [0.15, 0.2) is 0 Å². The highest BCUT2D eigenvalue weighted by Crippen LogP contribution is 2.36. The summed E-state index contributed by atoms with van der Waals surface area (Å²) in [5.74, 6) is -0.310. The molecule has 0 unspecified atom stereocenters. The summed E-state index contributed by atoms with van der Waals surface area (Å²) in [6, 6.07) is 8.60. The minimum atomic E-state index is -4.63. The quantitative estimate of drug-likeness (QED) is 0.252. The number of hydrogen-bond acceptors (Lipinski definition) is 6. The summed E-state index contributed by atoms with van der Waals surface area (Å²) in [4.78, 5) is 28.9. The van der Waals surface area contributed by atoms with Gasteiger partial charge in [-0.2, -0.15) is 18.3 Å². The van der Waals surface area contributed by atoms with Crippen molar-refractivity contribution in [2.45, 2.75) is 39.4 Å². The molecule has 0 radical (unpaired) electrons. The topological polar surface area (TPSA) is 118 Å². The number of nitrogens with one attached hydrogen (secondary N) is 1. The molecule has 4 aromatic rings. The maximum Gasteiger partial charge on any atom is 0.417 e. The first-order chi connectivity index (χ1) is 19.9. The molecule has 0 spiro atoms. The summed E-state index contributed by atoms with van der Waals surface area (Å²) in [5.41, 5.74) is 8.91. The standard InChI is InChI=1S/C29H30BrF3N6O3/c1-16(2)11-18-14-36-39-25-15-37(27(41)17-3-5-22(30)21(12-17)29(31,32)33)9-7-20(25)28(42)38(26(18)39)19-4-6-24(23(34)13-19)35-8-10-40/h3-6,12-14,16,35,40H,7-11,15,34H2,1-2H3. The molecule has 2 aromatic heterocycles. The van der Waals surface area contributed by atoms with Crippen molar-refractivity contribution < 1.29 is 23.1 Å². The highest BCUT2D eigenvalue weighted by atomic mass is 79.9. The maximum absolute atomic E-state index is 14.1. The van der Waals surface area contributed by atoms with Crippen LogP contribution in [-0.4, -0.2) is 49.8 Å². The number of aliphatic hydroxyl groups is 1. The van der Waals surface area contributed by atoms with Gasteiger partial charge in [0.2, 0.25) is 0 Å². The van der Waals surface area contributed by atoms with Gasteiger partial charge in [0.25, 0.3) is 11.5 Å². The molecule has 222 valence electrons. The van der Waals surface area contributed by atoms with Crippen LogP contribution in [0, 0.1) is 5.92 Å². The number of hydrogen-bond donors (Lipinski definition) is 3. The van der Waals surface area contributed by atoms with E-state index in [2.05, 4.69) is 40.2 Å². The Morgan fingerprint density at radius 1 is 1.21 bits per heavy atom. The van der Waals surface area contributed by atoms with Crippen LogP contribution in [0.1, 0.15) is 46.6 Å². The average molecular weight is 647 g/mol. The Kier molecular flexibility index (Phi) is 8.08. The van der Waals surface area contributed by atoms with E-state index in [9.17, 15) is 22.8 Å². The van der Waals surface area contributed by atoms with Crippen LogP contribution in [0.3, 0.4) is 0 Å². The summed E-state index contributed by atoms with van der Waals surface area (Å²) in [5, 5.41) is 16.8. The van der Waals surface area contributed by atoms with Gasteiger partial charge >= 0.3 is 6.18 Å². The zero-order valence-corrected chi connectivity index (χ0v) is 24.6. The van der Waals surface area contributed by atoms with E-state index in [1.54, 1.807) is 33.5 Å². The summed E-state index contributed by atoms with van der Waals surface area (Å²) < 4.78 is 43.6. The van der Waals surface area contributed by atoms with Crippen LogP contribution in [-0.2, 0) is 25.6 Å². The van der Waals surface area contributed by atoms with E-state index in [-0.39, 0.29) is 47.6 Å². The number of fused-ring (bicyclic) bond motifs is 3. The van der Waals surface area contributed by atoms with Crippen molar-refractivity contribution in [3.8, 4) is 5.69 Å². The van der Waals surface area contributed by atoms with E-state index in [4.69, 9.17) is 10.8 Å². The van der Waals surface area contributed by atoms with E-state index in [0.717, 1.165) is 11.6 Å². The second-order valence-corrected chi connectivity index (χ2v) is 11.5. The highest BCUT2D eigenvalue weighted by Gasteiger charge is 2.35. The van der Waals surface area contributed by atoms with E-state index in [1.165, 1.54) is 17.0 Å². The number of nitrogen functional groups attached to an aromatic ring is 1. The predicted octanol–water partition coefficient (Wildman–Crippen LogP) is 4.65. The molecule has 0 bridgehead atoms. The highest BCUT2D eigenvalue weighted by molar-refractivity contribution is 9.10. The lowest BCUT2D eigenvalue weighted by atomic mass is 10.0. The minimum absolute atomic E-state index is 0.00706. The number of carbonyl (C=O) groups is 1. The molecule has 1 aliphatic heterocycles. The molecule has 0 atom stereocenters. The molecular weight excluding hydrogens is 617 g/mol. The summed E-state index contributed by atoms with van der Waals surface area (Å²) in [7, 11) is 0. The number of benzene rings is 2. The van der Waals surface area contributed by atoms with Crippen molar-refractivity contribution in [3.05, 3.63) is 85.4 Å². The number of carbonyl (C=O) groups excluding carboxylic acids is 1. The van der Waals surface area contributed by atoms with Gasteiger partial charge in [0.1, 0.15) is 5.65 Å².